The first kappa shape index (κ1) is 23.4. The van der Waals surface area contributed by atoms with Gasteiger partial charge in [-0.2, -0.15) is 0 Å². The Morgan fingerprint density at radius 1 is 1.36 bits per heavy atom. The molecule has 28 heavy (non-hydrogen) atoms. The summed E-state index contributed by atoms with van der Waals surface area (Å²) in [5, 5.41) is 10.0. The first-order valence-corrected chi connectivity index (χ1v) is 9.03. The van der Waals surface area contributed by atoms with Crippen LogP contribution in [0.1, 0.15) is 44.1 Å². The van der Waals surface area contributed by atoms with Crippen LogP contribution in [0, 0.1) is 5.92 Å². The van der Waals surface area contributed by atoms with Crippen LogP contribution < -0.4 is 4.74 Å². The highest BCUT2D eigenvalue weighted by atomic mass is 16.6. The molecule has 0 saturated carbocycles. The molecule has 0 bridgehead atoms. The number of ether oxygens (including phenoxy) is 3. The van der Waals surface area contributed by atoms with E-state index < -0.39 is 23.8 Å². The van der Waals surface area contributed by atoms with E-state index in [1.54, 1.807) is 19.9 Å². The van der Waals surface area contributed by atoms with Crippen LogP contribution in [-0.2, 0) is 14.3 Å². The van der Waals surface area contributed by atoms with Gasteiger partial charge in [-0.1, -0.05) is 25.2 Å². The molecule has 0 aromatic carbocycles. The van der Waals surface area contributed by atoms with Crippen molar-refractivity contribution >= 4 is 11.8 Å². The Morgan fingerprint density at radius 3 is 2.61 bits per heavy atom. The molecule has 7 heteroatoms. The van der Waals surface area contributed by atoms with Gasteiger partial charge in [0.1, 0.15) is 6.10 Å². The Kier molecular flexibility index (Phi) is 9.38. The summed E-state index contributed by atoms with van der Waals surface area (Å²) in [4.78, 5) is 28.7. The smallest absolute Gasteiger partial charge is 0.309 e. The summed E-state index contributed by atoms with van der Waals surface area (Å²) >= 11 is 0. The van der Waals surface area contributed by atoms with Gasteiger partial charge >= 0.3 is 5.97 Å². The van der Waals surface area contributed by atoms with Crippen molar-refractivity contribution in [3.8, 4) is 11.5 Å². The highest BCUT2D eigenvalue weighted by Gasteiger charge is 2.27. The van der Waals surface area contributed by atoms with Crippen molar-refractivity contribution in [1.82, 2.24) is 4.98 Å². The van der Waals surface area contributed by atoms with Crippen LogP contribution in [0.5, 0.6) is 11.5 Å². The van der Waals surface area contributed by atoms with Crippen molar-refractivity contribution < 1.29 is 28.9 Å². The van der Waals surface area contributed by atoms with E-state index in [1.807, 2.05) is 6.92 Å². The molecule has 1 aromatic heterocycles. The quantitative estimate of drug-likeness (QED) is 0.331. The predicted octanol–water partition coefficient (Wildman–Crippen LogP) is 3.47. The molecule has 0 aliphatic rings. The van der Waals surface area contributed by atoms with E-state index >= 15 is 0 Å². The second kappa shape index (κ2) is 11.2. The number of nitrogens with zero attached hydrogens (tertiary/aromatic N) is 1. The van der Waals surface area contributed by atoms with E-state index in [9.17, 15) is 14.7 Å². The summed E-state index contributed by atoms with van der Waals surface area (Å²) in [5.41, 5.74) is 0.721. The summed E-state index contributed by atoms with van der Waals surface area (Å²) in [5.74, 6) is -1.92. The first-order valence-electron chi connectivity index (χ1n) is 9.03. The van der Waals surface area contributed by atoms with Crippen molar-refractivity contribution in [2.75, 3.05) is 13.7 Å². The average Bonchev–Trinajstić information content (AvgIpc) is 2.64. The van der Waals surface area contributed by atoms with Crippen LogP contribution in [0.3, 0.4) is 0 Å². The fraction of sp³-hybridized carbons (Fsp3) is 0.476. The van der Waals surface area contributed by atoms with E-state index in [1.165, 1.54) is 19.4 Å². The standard InChI is InChI=1S/C21H29NO6/c1-7-8-17(27-12-13(2)3)15(5)28-21(25)14(4)11-16(23)19-20(24)18(26-6)9-10-22-19/h7,9-10,14-15,17,24H,1-2,8,11-12H2,3-6H3/t14-,15+,17-/m1/s1. The van der Waals surface area contributed by atoms with Gasteiger partial charge in [0.2, 0.25) is 0 Å². The molecule has 3 atom stereocenters. The number of hydrogen-bond acceptors (Lipinski definition) is 7. The molecular formula is C21H29NO6. The van der Waals surface area contributed by atoms with Crippen molar-refractivity contribution in [2.45, 2.75) is 45.8 Å². The first-order chi connectivity index (χ1) is 13.2. The zero-order valence-electron chi connectivity index (χ0n) is 16.9. The minimum Gasteiger partial charge on any atom is -0.503 e. The van der Waals surface area contributed by atoms with E-state index in [2.05, 4.69) is 18.1 Å². The highest BCUT2D eigenvalue weighted by molar-refractivity contribution is 5.99. The monoisotopic (exact) mass is 391 g/mol. The lowest BCUT2D eigenvalue weighted by Gasteiger charge is -2.24. The van der Waals surface area contributed by atoms with Gasteiger partial charge in [0.15, 0.2) is 23.0 Å². The predicted molar refractivity (Wildman–Crippen MR) is 105 cm³/mol. The highest BCUT2D eigenvalue weighted by Crippen LogP contribution is 2.29. The number of aromatic nitrogens is 1. The molecule has 1 heterocycles. The van der Waals surface area contributed by atoms with E-state index in [0.717, 1.165) is 5.57 Å². The Balaban J connectivity index is 2.72. The summed E-state index contributed by atoms with van der Waals surface area (Å²) in [6.07, 6.45) is 2.53. The summed E-state index contributed by atoms with van der Waals surface area (Å²) in [7, 11) is 1.38. The van der Waals surface area contributed by atoms with Gasteiger partial charge in [-0.05, 0) is 20.3 Å². The number of carbonyl (C=O) groups is 2. The third-order valence-corrected chi connectivity index (χ3v) is 4.03. The molecule has 7 nitrogen and oxygen atoms in total. The zero-order chi connectivity index (χ0) is 21.3. The van der Waals surface area contributed by atoms with Crippen molar-refractivity contribution in [2.24, 2.45) is 5.92 Å². The van der Waals surface area contributed by atoms with E-state index in [0.29, 0.717) is 13.0 Å². The second-order valence-electron chi connectivity index (χ2n) is 6.71. The summed E-state index contributed by atoms with van der Waals surface area (Å²) in [6, 6.07) is 1.44. The number of methoxy groups -OCH3 is 1. The Bertz CT molecular complexity index is 715. The van der Waals surface area contributed by atoms with Gasteiger partial charge in [-0.3, -0.25) is 9.59 Å². The molecule has 0 aliphatic heterocycles. The van der Waals surface area contributed by atoms with Crippen LogP contribution in [0.4, 0.5) is 0 Å². The third kappa shape index (κ3) is 6.81. The topological polar surface area (TPSA) is 95.0 Å². The zero-order valence-corrected chi connectivity index (χ0v) is 16.9. The SMILES string of the molecule is C=CC[C@@H](OCC(=C)C)[C@H](C)OC(=O)[C@H](C)CC(=O)c1nccc(OC)c1O. The maximum absolute atomic E-state index is 12.4. The van der Waals surface area contributed by atoms with Crippen LogP contribution in [0.2, 0.25) is 0 Å². The second-order valence-corrected chi connectivity index (χ2v) is 6.71. The van der Waals surface area contributed by atoms with Crippen molar-refractivity contribution in [1.29, 1.82) is 0 Å². The molecule has 0 spiro atoms. The molecule has 1 aromatic rings. The Hall–Kier alpha value is -2.67. The van der Waals surface area contributed by atoms with Crippen LogP contribution in [0.15, 0.2) is 37.1 Å². The van der Waals surface area contributed by atoms with E-state index in [-0.39, 0.29) is 29.7 Å². The minimum absolute atomic E-state index is 0.138. The molecule has 0 unspecified atom stereocenters. The fourth-order valence-electron chi connectivity index (χ4n) is 2.45. The van der Waals surface area contributed by atoms with Gasteiger partial charge in [-0.15, -0.1) is 6.58 Å². The summed E-state index contributed by atoms with van der Waals surface area (Å²) in [6.45, 7) is 13.0. The lowest BCUT2D eigenvalue weighted by Crippen LogP contribution is -2.33. The molecular weight excluding hydrogens is 362 g/mol. The molecule has 154 valence electrons. The fourth-order valence-corrected chi connectivity index (χ4v) is 2.45. The maximum Gasteiger partial charge on any atom is 0.309 e. The number of rotatable bonds is 12. The lowest BCUT2D eigenvalue weighted by atomic mass is 10.0. The largest absolute Gasteiger partial charge is 0.503 e. The molecule has 0 aliphatic carbocycles. The van der Waals surface area contributed by atoms with Crippen LogP contribution in [-0.4, -0.2) is 47.8 Å². The summed E-state index contributed by atoms with van der Waals surface area (Å²) < 4.78 is 16.1. The van der Waals surface area contributed by atoms with Crippen LogP contribution >= 0.6 is 0 Å². The number of carbonyl (C=O) groups excluding carboxylic acids is 2. The molecule has 0 radical (unpaired) electrons. The van der Waals surface area contributed by atoms with Gasteiger partial charge in [-0.25, -0.2) is 4.98 Å². The Labute approximate surface area is 166 Å². The number of aromatic hydroxyl groups is 1. The maximum atomic E-state index is 12.4. The number of esters is 1. The number of ketones is 1. The third-order valence-electron chi connectivity index (χ3n) is 4.03. The molecule has 0 amide bonds. The normalized spacial score (nSPS) is 13.9. The van der Waals surface area contributed by atoms with Gasteiger partial charge in [0.05, 0.1) is 25.7 Å². The van der Waals surface area contributed by atoms with E-state index in [4.69, 9.17) is 14.2 Å². The molecule has 1 N–H and O–H groups in total. The average molecular weight is 391 g/mol. The van der Waals surface area contributed by atoms with Crippen molar-refractivity contribution in [3.05, 3.63) is 42.8 Å². The number of Topliss-reactive ketones (excluding diaryl/α,β-unsaturated/α-hetero) is 1. The van der Waals surface area contributed by atoms with Gasteiger partial charge in [0.25, 0.3) is 0 Å². The molecule has 0 saturated heterocycles. The molecule has 0 fully saturated rings. The van der Waals surface area contributed by atoms with Crippen LogP contribution in [0.25, 0.3) is 0 Å². The molecule has 1 rings (SSSR count). The van der Waals surface area contributed by atoms with Crippen molar-refractivity contribution in [3.63, 3.8) is 0 Å². The lowest BCUT2D eigenvalue weighted by molar-refractivity contribution is -0.159. The van der Waals surface area contributed by atoms with Gasteiger partial charge in [0, 0.05) is 18.7 Å². The Morgan fingerprint density at radius 2 is 2.04 bits per heavy atom. The number of pyridine rings is 1. The van der Waals surface area contributed by atoms with Gasteiger partial charge < -0.3 is 19.3 Å². The minimum atomic E-state index is -0.715. The number of hydrogen-bond donors (Lipinski definition) is 1.